The van der Waals surface area contributed by atoms with Gasteiger partial charge in [-0.1, -0.05) is 12.1 Å². The van der Waals surface area contributed by atoms with Gasteiger partial charge in [0.1, 0.15) is 6.04 Å². The minimum absolute atomic E-state index is 0.0705. The van der Waals surface area contributed by atoms with Crippen molar-refractivity contribution in [1.29, 1.82) is 0 Å². The molecule has 6 N–H and O–H groups in total. The van der Waals surface area contributed by atoms with Gasteiger partial charge in [-0.25, -0.2) is 4.79 Å². The zero-order chi connectivity index (χ0) is 34.9. The number of nitrogens with zero attached hydrogens (tertiary/aromatic N) is 1. The van der Waals surface area contributed by atoms with Crippen molar-refractivity contribution in [3.63, 3.8) is 0 Å². The van der Waals surface area contributed by atoms with Crippen molar-refractivity contribution in [1.82, 2.24) is 26.3 Å². The Morgan fingerprint density at radius 3 is 1.98 bits per heavy atom. The molecule has 256 valence electrons. The fourth-order valence-corrected chi connectivity index (χ4v) is 6.39. The van der Waals surface area contributed by atoms with Crippen LogP contribution >= 0.6 is 0 Å². The first-order valence-corrected chi connectivity index (χ1v) is 16.0. The lowest BCUT2D eigenvalue weighted by Gasteiger charge is -2.39. The molecule has 5 amide bonds. The summed E-state index contributed by atoms with van der Waals surface area (Å²) in [4.78, 5) is 83.3. The van der Waals surface area contributed by atoms with Crippen LogP contribution in [0, 0.1) is 0 Å². The van der Waals surface area contributed by atoms with E-state index in [1.165, 1.54) is 25.1 Å². The third-order valence-corrected chi connectivity index (χ3v) is 9.20. The molecule has 0 aromatic heterocycles. The van der Waals surface area contributed by atoms with E-state index >= 15 is 0 Å². The molecule has 0 bridgehead atoms. The van der Waals surface area contributed by atoms with E-state index < -0.39 is 67.4 Å². The van der Waals surface area contributed by atoms with E-state index in [1.807, 2.05) is 0 Å². The average Bonchev–Trinajstić information content (AvgIpc) is 3.75. The number of hydrogen-bond acceptors (Lipinski definition) is 12. The van der Waals surface area contributed by atoms with Gasteiger partial charge in [-0.2, -0.15) is 0 Å². The van der Waals surface area contributed by atoms with Crippen LogP contribution < -0.4 is 32.2 Å². The number of benzene rings is 2. The van der Waals surface area contributed by atoms with E-state index in [0.29, 0.717) is 34.6 Å². The number of amides is 5. The van der Waals surface area contributed by atoms with Crippen molar-refractivity contribution >= 4 is 60.7 Å². The first-order valence-electron chi connectivity index (χ1n) is 16.0. The van der Waals surface area contributed by atoms with Crippen LogP contribution in [0.15, 0.2) is 36.4 Å². The van der Waals surface area contributed by atoms with Crippen LogP contribution in [0.2, 0.25) is 0 Å². The molecule has 0 unspecified atom stereocenters. The summed E-state index contributed by atoms with van der Waals surface area (Å²) in [5, 5.41) is 32.2. The summed E-state index contributed by atoms with van der Waals surface area (Å²) in [6.07, 6.45) is 0.0394. The summed E-state index contributed by atoms with van der Waals surface area (Å²) >= 11 is 0. The van der Waals surface area contributed by atoms with E-state index in [-0.39, 0.29) is 56.4 Å². The molecule has 2 aromatic carbocycles. The molecule has 0 saturated carbocycles. The van der Waals surface area contributed by atoms with Gasteiger partial charge in [0.05, 0.1) is 31.2 Å². The number of hydroxylamine groups is 2. The van der Waals surface area contributed by atoms with Gasteiger partial charge in [0.15, 0.2) is 0 Å². The summed E-state index contributed by atoms with van der Waals surface area (Å²) < 4.78 is 10.4. The van der Waals surface area contributed by atoms with Gasteiger partial charge in [-0.05, 0) is 79.2 Å². The van der Waals surface area contributed by atoms with Gasteiger partial charge in [-0.3, -0.25) is 24.0 Å². The number of rotatable bonds is 10. The molecular weight excluding hydrogens is 640 g/mol. The molecule has 2 atom stereocenters. The zero-order valence-corrected chi connectivity index (χ0v) is 26.7. The van der Waals surface area contributed by atoms with Crippen molar-refractivity contribution < 1.29 is 53.0 Å². The molecule has 0 spiro atoms. The quantitative estimate of drug-likeness (QED) is 0.112. The molecule has 4 heterocycles. The lowest BCUT2D eigenvalue weighted by atomic mass is 9.78. The van der Waals surface area contributed by atoms with Crippen LogP contribution in [0.25, 0.3) is 0 Å². The molecule has 18 heteroatoms. The van der Waals surface area contributed by atoms with Crippen LogP contribution in [-0.4, -0.2) is 95.6 Å². The highest BCUT2D eigenvalue weighted by Gasteiger charge is 2.42. The van der Waals surface area contributed by atoms with Crippen molar-refractivity contribution in [2.75, 3.05) is 13.1 Å². The first-order chi connectivity index (χ1) is 23.4. The Kier molecular flexibility index (Phi) is 9.85. The molecule has 4 aliphatic heterocycles. The van der Waals surface area contributed by atoms with E-state index in [1.54, 1.807) is 18.2 Å². The summed E-state index contributed by atoms with van der Waals surface area (Å²) in [6, 6.07) is 6.94. The van der Waals surface area contributed by atoms with Gasteiger partial charge < -0.3 is 45.5 Å². The second kappa shape index (κ2) is 14.1. The topological polar surface area (TPSA) is 222 Å². The highest BCUT2D eigenvalue weighted by Crippen LogP contribution is 2.25. The fourth-order valence-electron chi connectivity index (χ4n) is 6.39. The molecule has 2 aromatic rings. The van der Waals surface area contributed by atoms with Crippen LogP contribution in [0.3, 0.4) is 0 Å². The minimum Gasteiger partial charge on any atom is -0.423 e. The number of piperidine rings is 1. The number of fused-ring (bicyclic) bond motifs is 2. The first kappa shape index (κ1) is 34.3. The maximum Gasteiger partial charge on any atom is 0.491 e. The summed E-state index contributed by atoms with van der Waals surface area (Å²) in [6.45, 7) is 2.75. The standard InChI is InChI=1S/C31H35B2N5O11/c1-17(35-28(42)18-2-4-20-15-47-32(45)22(20)12-18)27(36-29(43)19-3-5-21-16-48-33(46)23(21)13-19)30(44)37-31(8-10-34-11-9-31)14-26(41)49-38-24(39)6-7-25(38)40/h2-5,12-13,17,27,34,45-46H,6-11,14-16H2,1H3,(H,35,42)(H,36,43)(H,37,44)/t17-,27-/m0/s1. The van der Waals surface area contributed by atoms with E-state index in [9.17, 15) is 38.8 Å². The number of carbonyl (C=O) groups excluding carboxylic acids is 6. The second-order valence-corrected chi connectivity index (χ2v) is 12.6. The van der Waals surface area contributed by atoms with Crippen LogP contribution in [0.1, 0.15) is 70.9 Å². The van der Waals surface area contributed by atoms with Crippen LogP contribution in [0.5, 0.6) is 0 Å². The Balaban J connectivity index is 1.23. The average molecular weight is 675 g/mol. The number of hydrogen-bond donors (Lipinski definition) is 6. The molecule has 4 aliphatic rings. The highest BCUT2D eigenvalue weighted by atomic mass is 16.7. The molecule has 2 saturated heterocycles. The van der Waals surface area contributed by atoms with Crippen LogP contribution in [0.4, 0.5) is 0 Å². The maximum absolute atomic E-state index is 14.1. The third kappa shape index (κ3) is 7.38. The van der Waals surface area contributed by atoms with Crippen molar-refractivity contribution in [2.45, 2.75) is 69.9 Å². The van der Waals surface area contributed by atoms with E-state index in [2.05, 4.69) is 21.3 Å². The lowest BCUT2D eigenvalue weighted by molar-refractivity contribution is -0.198. The number of carbonyl (C=O) groups is 6. The normalized spacial score (nSPS) is 19.2. The molecule has 16 nitrogen and oxygen atoms in total. The Hall–Kier alpha value is -4.61. The second-order valence-electron chi connectivity index (χ2n) is 12.6. The van der Waals surface area contributed by atoms with Gasteiger partial charge >= 0.3 is 20.2 Å². The molecular formula is C31H35B2N5O11. The van der Waals surface area contributed by atoms with Crippen molar-refractivity contribution in [3.8, 4) is 0 Å². The maximum atomic E-state index is 14.1. The SMILES string of the molecule is C[C@H](NC(=O)c1ccc2c(c1)B(O)OC2)[C@H](NC(=O)c1ccc2c(c1)B(O)OC2)C(=O)NC1(CC(=O)ON2C(=O)CCC2=O)CCNCC1. The molecule has 2 fully saturated rings. The van der Waals surface area contributed by atoms with Crippen molar-refractivity contribution in [2.24, 2.45) is 0 Å². The highest BCUT2D eigenvalue weighted by molar-refractivity contribution is 6.62. The predicted octanol–water partition coefficient (Wildman–Crippen LogP) is -2.73. The summed E-state index contributed by atoms with van der Waals surface area (Å²) in [7, 11) is -2.38. The molecule has 49 heavy (non-hydrogen) atoms. The summed E-state index contributed by atoms with van der Waals surface area (Å²) in [5.74, 6) is -4.14. The minimum atomic E-state index is -1.38. The van der Waals surface area contributed by atoms with Gasteiger partial charge in [0, 0.05) is 24.0 Å². The van der Waals surface area contributed by atoms with E-state index in [4.69, 9.17) is 14.1 Å². The van der Waals surface area contributed by atoms with Gasteiger partial charge in [0.25, 0.3) is 23.6 Å². The molecule has 6 rings (SSSR count). The number of imide groups is 1. The molecule has 0 radical (unpaired) electrons. The Labute approximate surface area is 281 Å². The Bertz CT molecular complexity index is 1690. The smallest absolute Gasteiger partial charge is 0.423 e. The van der Waals surface area contributed by atoms with Crippen molar-refractivity contribution in [3.05, 3.63) is 58.7 Å². The Morgan fingerprint density at radius 2 is 1.43 bits per heavy atom. The zero-order valence-electron chi connectivity index (χ0n) is 26.7. The van der Waals surface area contributed by atoms with Gasteiger partial charge in [0.2, 0.25) is 5.91 Å². The van der Waals surface area contributed by atoms with Crippen LogP contribution in [-0.2, 0) is 46.5 Å². The fraction of sp³-hybridized carbons (Fsp3) is 0.419. The monoisotopic (exact) mass is 675 g/mol. The number of nitrogens with one attached hydrogen (secondary N) is 4. The van der Waals surface area contributed by atoms with E-state index in [0.717, 1.165) is 5.56 Å². The molecule has 0 aliphatic carbocycles. The third-order valence-electron chi connectivity index (χ3n) is 9.20. The predicted molar refractivity (Wildman–Crippen MR) is 171 cm³/mol. The largest absolute Gasteiger partial charge is 0.491 e. The Morgan fingerprint density at radius 1 is 0.898 bits per heavy atom. The summed E-state index contributed by atoms with van der Waals surface area (Å²) in [5.41, 5.74) is 1.45. The van der Waals surface area contributed by atoms with Gasteiger partial charge in [-0.15, -0.1) is 5.06 Å². The lowest BCUT2D eigenvalue weighted by Crippen LogP contribution is -2.63.